The number of fused-ring (bicyclic) bond motifs is 5. The molecule has 114 valence electrons. The van der Waals surface area contributed by atoms with E-state index in [1.165, 1.54) is 37.7 Å². The van der Waals surface area contributed by atoms with Crippen LogP contribution in [-0.4, -0.2) is 13.2 Å². The second-order valence-corrected chi connectivity index (χ2v) is 7.42. The third kappa shape index (κ3) is 2.28. The summed E-state index contributed by atoms with van der Waals surface area (Å²) >= 11 is 0. The zero-order valence-electron chi connectivity index (χ0n) is 13.2. The van der Waals surface area contributed by atoms with E-state index in [2.05, 4.69) is 36.5 Å². The summed E-state index contributed by atoms with van der Waals surface area (Å²) in [4.78, 5) is 0. The quantitative estimate of drug-likeness (QED) is 0.896. The molecule has 1 N–H and O–H groups in total. The van der Waals surface area contributed by atoms with Crippen LogP contribution in [0.1, 0.15) is 50.6 Å². The van der Waals surface area contributed by atoms with Crippen LogP contribution in [0.4, 0.5) is 0 Å². The number of ether oxygens (including phenoxy) is 1. The molecule has 3 saturated carbocycles. The molecule has 3 aliphatic carbocycles. The van der Waals surface area contributed by atoms with Crippen LogP contribution in [0.5, 0.6) is 5.75 Å². The molecule has 0 heterocycles. The van der Waals surface area contributed by atoms with Crippen molar-refractivity contribution in [3.05, 3.63) is 29.8 Å². The molecule has 4 rings (SSSR count). The Bertz CT molecular complexity index is 497. The van der Waals surface area contributed by atoms with E-state index in [4.69, 9.17) is 4.74 Å². The summed E-state index contributed by atoms with van der Waals surface area (Å²) in [6.07, 6.45) is 7.44. The largest absolute Gasteiger partial charge is 0.497 e. The Balaban J connectivity index is 1.42. The van der Waals surface area contributed by atoms with E-state index in [-0.39, 0.29) is 0 Å². The van der Waals surface area contributed by atoms with Crippen LogP contribution >= 0.6 is 0 Å². The highest BCUT2D eigenvalue weighted by Gasteiger charge is 2.53. The van der Waals surface area contributed by atoms with E-state index in [9.17, 15) is 0 Å². The van der Waals surface area contributed by atoms with Gasteiger partial charge in [-0.05, 0) is 74.0 Å². The fourth-order valence-electron chi connectivity index (χ4n) is 5.57. The number of methoxy groups -OCH3 is 1. The Labute approximate surface area is 128 Å². The Morgan fingerprint density at radius 1 is 1.05 bits per heavy atom. The van der Waals surface area contributed by atoms with Crippen molar-refractivity contribution in [2.45, 2.75) is 51.1 Å². The molecule has 1 aromatic carbocycles. The van der Waals surface area contributed by atoms with Gasteiger partial charge in [0, 0.05) is 12.1 Å². The topological polar surface area (TPSA) is 21.3 Å². The highest BCUT2D eigenvalue weighted by Crippen LogP contribution is 2.58. The molecule has 3 aliphatic rings. The first-order valence-corrected chi connectivity index (χ1v) is 8.66. The van der Waals surface area contributed by atoms with E-state index < -0.39 is 0 Å². The molecule has 0 spiro atoms. The molecule has 21 heavy (non-hydrogen) atoms. The first-order valence-electron chi connectivity index (χ1n) is 8.66. The summed E-state index contributed by atoms with van der Waals surface area (Å²) in [7, 11) is 1.73. The van der Waals surface area contributed by atoms with E-state index in [1.54, 1.807) is 7.11 Å². The van der Waals surface area contributed by atoms with Gasteiger partial charge < -0.3 is 10.1 Å². The van der Waals surface area contributed by atoms with E-state index in [0.29, 0.717) is 6.04 Å². The molecule has 2 nitrogen and oxygen atoms in total. The monoisotopic (exact) mass is 285 g/mol. The third-order valence-corrected chi connectivity index (χ3v) is 6.51. The SMILES string of the molecule is COc1ccc([C@@H](C)NC2CC3CC2C2CCCC32)cc1. The summed E-state index contributed by atoms with van der Waals surface area (Å²) in [5, 5.41) is 3.94. The Morgan fingerprint density at radius 2 is 1.81 bits per heavy atom. The molecule has 2 heteroatoms. The van der Waals surface area contributed by atoms with Gasteiger partial charge in [0.2, 0.25) is 0 Å². The molecular weight excluding hydrogens is 258 g/mol. The molecule has 0 amide bonds. The fraction of sp³-hybridized carbons (Fsp3) is 0.684. The number of hydrogen-bond acceptors (Lipinski definition) is 2. The van der Waals surface area contributed by atoms with Gasteiger partial charge in [0.15, 0.2) is 0 Å². The first kappa shape index (κ1) is 13.6. The zero-order chi connectivity index (χ0) is 14.4. The molecular formula is C19H27NO. The summed E-state index contributed by atoms with van der Waals surface area (Å²) in [5.74, 6) is 5.07. The van der Waals surface area contributed by atoms with Crippen molar-refractivity contribution in [3.8, 4) is 5.75 Å². The van der Waals surface area contributed by atoms with Crippen molar-refractivity contribution in [2.75, 3.05) is 7.11 Å². The van der Waals surface area contributed by atoms with E-state index in [0.717, 1.165) is 35.5 Å². The maximum Gasteiger partial charge on any atom is 0.118 e. The van der Waals surface area contributed by atoms with Crippen LogP contribution in [0, 0.1) is 23.7 Å². The minimum absolute atomic E-state index is 0.445. The minimum Gasteiger partial charge on any atom is -0.497 e. The van der Waals surface area contributed by atoms with Crippen LogP contribution in [0.2, 0.25) is 0 Å². The lowest BCUT2D eigenvalue weighted by atomic mass is 9.79. The third-order valence-electron chi connectivity index (χ3n) is 6.51. The van der Waals surface area contributed by atoms with Crippen LogP contribution in [0.3, 0.4) is 0 Å². The predicted octanol–water partition coefficient (Wildman–Crippen LogP) is 4.17. The smallest absolute Gasteiger partial charge is 0.118 e. The maximum atomic E-state index is 5.25. The normalized spacial score (nSPS) is 38.5. The van der Waals surface area contributed by atoms with Gasteiger partial charge in [-0.15, -0.1) is 0 Å². The lowest BCUT2D eigenvalue weighted by Crippen LogP contribution is -2.40. The maximum absolute atomic E-state index is 5.25. The van der Waals surface area contributed by atoms with Crippen molar-refractivity contribution in [1.29, 1.82) is 0 Å². The van der Waals surface area contributed by atoms with Gasteiger partial charge in [0.1, 0.15) is 5.75 Å². The summed E-state index contributed by atoms with van der Waals surface area (Å²) in [6.45, 7) is 2.31. The average molecular weight is 285 g/mol. The van der Waals surface area contributed by atoms with Crippen LogP contribution in [0.25, 0.3) is 0 Å². The van der Waals surface area contributed by atoms with Crippen molar-refractivity contribution in [3.63, 3.8) is 0 Å². The molecule has 0 aromatic heterocycles. The Hall–Kier alpha value is -1.02. The van der Waals surface area contributed by atoms with Gasteiger partial charge >= 0.3 is 0 Å². The van der Waals surface area contributed by atoms with E-state index >= 15 is 0 Å². The van der Waals surface area contributed by atoms with Crippen molar-refractivity contribution in [1.82, 2.24) is 5.32 Å². The molecule has 6 atom stereocenters. The molecule has 5 unspecified atom stereocenters. The number of rotatable bonds is 4. The van der Waals surface area contributed by atoms with Crippen molar-refractivity contribution in [2.24, 2.45) is 23.7 Å². The molecule has 1 aromatic rings. The van der Waals surface area contributed by atoms with Gasteiger partial charge in [-0.3, -0.25) is 0 Å². The Kier molecular flexibility index (Phi) is 3.45. The molecule has 0 radical (unpaired) electrons. The molecule has 0 saturated heterocycles. The standard InChI is InChI=1S/C19H27NO/c1-12(13-6-8-15(21-2)9-7-13)20-19-11-14-10-18(19)17-5-3-4-16(14)17/h6-9,12,14,16-20H,3-5,10-11H2,1-2H3/t12-,14?,16?,17?,18?,19?/m1/s1. The second kappa shape index (κ2) is 5.31. The van der Waals surface area contributed by atoms with Gasteiger partial charge in [-0.1, -0.05) is 18.6 Å². The summed E-state index contributed by atoms with van der Waals surface area (Å²) in [5.41, 5.74) is 1.38. The van der Waals surface area contributed by atoms with Gasteiger partial charge in [-0.25, -0.2) is 0 Å². The second-order valence-electron chi connectivity index (χ2n) is 7.42. The van der Waals surface area contributed by atoms with Gasteiger partial charge in [-0.2, -0.15) is 0 Å². The fourth-order valence-corrected chi connectivity index (χ4v) is 5.57. The average Bonchev–Trinajstić information content (AvgIpc) is 3.19. The Morgan fingerprint density at radius 3 is 2.57 bits per heavy atom. The highest BCUT2D eigenvalue weighted by atomic mass is 16.5. The van der Waals surface area contributed by atoms with E-state index in [1.807, 2.05) is 0 Å². The number of benzene rings is 1. The molecule has 3 fully saturated rings. The van der Waals surface area contributed by atoms with Crippen LogP contribution < -0.4 is 10.1 Å². The highest BCUT2D eigenvalue weighted by molar-refractivity contribution is 5.29. The van der Waals surface area contributed by atoms with Gasteiger partial charge in [0.25, 0.3) is 0 Å². The van der Waals surface area contributed by atoms with Crippen LogP contribution in [-0.2, 0) is 0 Å². The first-order chi connectivity index (χ1) is 10.3. The number of nitrogens with one attached hydrogen (secondary N) is 1. The van der Waals surface area contributed by atoms with Crippen molar-refractivity contribution >= 4 is 0 Å². The lowest BCUT2D eigenvalue weighted by Gasteiger charge is -2.34. The van der Waals surface area contributed by atoms with Crippen LogP contribution in [0.15, 0.2) is 24.3 Å². The molecule has 2 bridgehead atoms. The number of hydrogen-bond donors (Lipinski definition) is 1. The lowest BCUT2D eigenvalue weighted by molar-refractivity contribution is 0.200. The van der Waals surface area contributed by atoms with Crippen molar-refractivity contribution < 1.29 is 4.74 Å². The van der Waals surface area contributed by atoms with Gasteiger partial charge in [0.05, 0.1) is 7.11 Å². The predicted molar refractivity (Wildman–Crippen MR) is 85.4 cm³/mol. The molecule has 0 aliphatic heterocycles. The minimum atomic E-state index is 0.445. The summed E-state index contributed by atoms with van der Waals surface area (Å²) < 4.78 is 5.25. The summed E-state index contributed by atoms with van der Waals surface area (Å²) in [6, 6.07) is 9.74. The zero-order valence-corrected chi connectivity index (χ0v) is 13.2.